The first kappa shape index (κ1) is 43.1. The van der Waals surface area contributed by atoms with Gasteiger partial charge in [0.1, 0.15) is 11.4 Å². The van der Waals surface area contributed by atoms with Crippen molar-refractivity contribution in [1.82, 2.24) is 0 Å². The van der Waals surface area contributed by atoms with Crippen molar-refractivity contribution >= 4 is 32.6 Å². The van der Waals surface area contributed by atoms with E-state index in [0.29, 0.717) is 12.8 Å². The van der Waals surface area contributed by atoms with Crippen LogP contribution in [-0.2, 0) is 38.7 Å². The van der Waals surface area contributed by atoms with E-state index in [2.05, 4.69) is 22.2 Å². The predicted molar refractivity (Wildman–Crippen MR) is 179 cm³/mol. The third-order valence-electron chi connectivity index (χ3n) is 6.36. The summed E-state index contributed by atoms with van der Waals surface area (Å²) >= 11 is 0. The van der Waals surface area contributed by atoms with Crippen LogP contribution < -0.4 is 5.73 Å². The van der Waals surface area contributed by atoms with Crippen molar-refractivity contribution in [2.45, 2.75) is 71.8 Å². The first-order valence-electron chi connectivity index (χ1n) is 14.3. The monoisotopic (exact) mass is 682 g/mol. The number of nitrogens with zero attached hydrogens (tertiary/aromatic N) is 1. The second-order valence-electron chi connectivity index (χ2n) is 11.6. The van der Waals surface area contributed by atoms with E-state index in [9.17, 15) is 13.9 Å². The molecule has 0 aliphatic rings. The van der Waals surface area contributed by atoms with E-state index in [1.165, 1.54) is 0 Å². The molecule has 256 valence electrons. The molecule has 0 aliphatic heterocycles. The van der Waals surface area contributed by atoms with Gasteiger partial charge in [0.05, 0.1) is 13.2 Å². The number of carbonyl (C=O) groups is 1. The number of carbonyl (C=O) groups excluding carboxylic acids is 1. The lowest BCUT2D eigenvalue weighted by atomic mass is 9.79. The Hall–Kier alpha value is -2.94. The highest BCUT2D eigenvalue weighted by Crippen LogP contribution is 2.36. The van der Waals surface area contributed by atoms with Crippen molar-refractivity contribution < 1.29 is 47.3 Å². The number of rotatable bonds is 15. The lowest BCUT2D eigenvalue weighted by Gasteiger charge is -2.25. The van der Waals surface area contributed by atoms with Crippen LogP contribution in [0.15, 0.2) is 61.7 Å². The van der Waals surface area contributed by atoms with Crippen LogP contribution in [0.4, 0.5) is 0 Å². The summed E-state index contributed by atoms with van der Waals surface area (Å²) in [6, 6.07) is 15.9. The number of benzene rings is 2. The van der Waals surface area contributed by atoms with Gasteiger partial charge in [-0.15, -0.1) is 0 Å². The third-order valence-corrected chi connectivity index (χ3v) is 7.40. The Morgan fingerprint density at radius 1 is 0.870 bits per heavy atom. The van der Waals surface area contributed by atoms with Crippen LogP contribution in [0.2, 0.25) is 0 Å². The molecule has 0 aliphatic carbocycles. The van der Waals surface area contributed by atoms with Gasteiger partial charge in [0.15, 0.2) is 0 Å². The fourth-order valence-electron chi connectivity index (χ4n) is 3.85. The van der Waals surface area contributed by atoms with Gasteiger partial charge in [-0.05, 0) is 67.9 Å². The summed E-state index contributed by atoms with van der Waals surface area (Å²) in [5.41, 5.74) is 10.1. The maximum atomic E-state index is 12.1. The normalized spacial score (nSPS) is 11.6. The van der Waals surface area contributed by atoms with Gasteiger partial charge < -0.3 is 30.0 Å². The van der Waals surface area contributed by atoms with E-state index in [0.717, 1.165) is 33.4 Å². The van der Waals surface area contributed by atoms with E-state index in [1.807, 2.05) is 90.1 Å². The minimum absolute atomic E-state index is 0.0463. The van der Waals surface area contributed by atoms with Crippen LogP contribution >= 0.6 is 15.6 Å². The Kier molecular flexibility index (Phi) is 18.4. The molecule has 12 nitrogen and oxygen atoms in total. The molecule has 0 fully saturated rings. The van der Waals surface area contributed by atoms with Gasteiger partial charge in [0.25, 0.3) is 6.26 Å². The largest absolute Gasteiger partial charge is 0.469 e. The fraction of sp³-hybridized carbons (Fsp3) is 0.438. The summed E-state index contributed by atoms with van der Waals surface area (Å²) in [5, 5.41) is 8.55. The van der Waals surface area contributed by atoms with Crippen LogP contribution in [-0.4, -0.2) is 45.1 Å². The number of phosphoric ester groups is 2. The lowest BCUT2D eigenvalue weighted by Crippen LogP contribution is -2.22. The molecule has 0 heterocycles. The van der Waals surface area contributed by atoms with Crippen molar-refractivity contribution in [3.05, 3.63) is 83.9 Å². The zero-order valence-electron chi connectivity index (χ0n) is 27.4. The van der Waals surface area contributed by atoms with Crippen LogP contribution in [0.3, 0.4) is 0 Å². The zero-order valence-corrected chi connectivity index (χ0v) is 29.2. The topological polar surface area (TPSA) is 210 Å². The fourth-order valence-corrected chi connectivity index (χ4v) is 4.56. The Balaban J connectivity index is 0.000000751. The third kappa shape index (κ3) is 18.9. The average Bonchev–Trinajstić information content (AvgIpc) is 2.94. The molecule has 0 bridgehead atoms. The predicted octanol–water partition coefficient (Wildman–Crippen LogP) is 6.35. The molecule has 2 aromatic rings. The van der Waals surface area contributed by atoms with E-state index < -0.39 is 21.2 Å². The van der Waals surface area contributed by atoms with Crippen LogP contribution in [0, 0.1) is 11.5 Å². The Morgan fingerprint density at radius 3 is 1.74 bits per heavy atom. The first-order chi connectivity index (χ1) is 21.0. The number of ether oxygens (including phenoxy) is 1. The highest BCUT2D eigenvalue weighted by Gasteiger charge is 2.25. The highest BCUT2D eigenvalue weighted by molar-refractivity contribution is 7.46. The standard InChI is InChI=1S/C17H25O5P.C13H15NO.C2H8NO4P/c1-13(2)14-7-5-8-15(11-14)17(3,4)12-16(18)9-6-10-22-23(19,20)21;1-10(2)11-6-5-7-12(8-11)13(3,4)15-9-14;3-1-2-7-8(4,5)6/h5,7-8,11H,1,6,9-10,12H2,2-4H3,(H2,19,20,21);5-8H,1H2,2-4H3;1-3H2,(H2,4,5,6). The van der Waals surface area contributed by atoms with Gasteiger partial charge in [-0.25, -0.2) is 9.13 Å². The van der Waals surface area contributed by atoms with Crippen molar-refractivity contribution in [1.29, 1.82) is 5.26 Å². The van der Waals surface area contributed by atoms with E-state index >= 15 is 0 Å². The van der Waals surface area contributed by atoms with Gasteiger partial charge in [-0.2, -0.15) is 5.26 Å². The molecular formula is C32H48N2O10P2. The van der Waals surface area contributed by atoms with Crippen LogP contribution in [0.1, 0.15) is 83.1 Å². The van der Waals surface area contributed by atoms with Gasteiger partial charge in [-0.1, -0.05) is 80.6 Å². The summed E-state index contributed by atoms with van der Waals surface area (Å²) in [6.07, 6.45) is 2.63. The van der Waals surface area contributed by atoms with E-state index in [1.54, 1.807) is 6.26 Å². The van der Waals surface area contributed by atoms with E-state index in [-0.39, 0.29) is 37.4 Å². The zero-order chi connectivity index (χ0) is 35.8. The molecule has 0 saturated carbocycles. The molecule has 0 radical (unpaired) electrons. The molecule has 2 rings (SSSR count). The average molecular weight is 683 g/mol. The molecule has 0 aromatic heterocycles. The molecule has 0 spiro atoms. The Labute approximate surface area is 272 Å². The molecule has 0 amide bonds. The Morgan fingerprint density at radius 2 is 1.33 bits per heavy atom. The molecule has 0 saturated heterocycles. The van der Waals surface area contributed by atoms with Crippen LogP contribution in [0.5, 0.6) is 0 Å². The molecule has 6 N–H and O–H groups in total. The SMILES string of the molecule is C=C(C)c1cccc(C(C)(C)CC(=O)CCCOP(=O)(O)O)c1.C=C(C)c1cccc(C(C)(C)OC#N)c1.NCCOP(=O)(O)O. The Bertz CT molecular complexity index is 1440. The van der Waals surface area contributed by atoms with Gasteiger partial charge in [0, 0.05) is 19.4 Å². The summed E-state index contributed by atoms with van der Waals surface area (Å²) in [6.45, 7) is 19.4. The number of allylic oxidation sites excluding steroid dienone is 2. The van der Waals surface area contributed by atoms with Crippen LogP contribution in [0.25, 0.3) is 11.1 Å². The highest BCUT2D eigenvalue weighted by atomic mass is 31.2. The second kappa shape index (κ2) is 19.7. The number of hydrogen-bond acceptors (Lipinski definition) is 8. The number of phosphoric acid groups is 2. The van der Waals surface area contributed by atoms with Gasteiger partial charge in [0.2, 0.25) is 0 Å². The minimum atomic E-state index is -4.45. The molecule has 46 heavy (non-hydrogen) atoms. The second-order valence-corrected chi connectivity index (χ2v) is 14.0. The molecule has 0 unspecified atom stereocenters. The summed E-state index contributed by atoms with van der Waals surface area (Å²) in [5.74, 6) is 0.0463. The first-order valence-corrected chi connectivity index (χ1v) is 17.3. The van der Waals surface area contributed by atoms with Crippen molar-refractivity contribution in [2.24, 2.45) is 5.73 Å². The molecular weight excluding hydrogens is 634 g/mol. The maximum absolute atomic E-state index is 12.1. The summed E-state index contributed by atoms with van der Waals surface area (Å²) < 4.78 is 33.7. The number of hydrogen-bond donors (Lipinski definition) is 5. The molecule has 2 aromatic carbocycles. The molecule has 0 atom stereocenters. The van der Waals surface area contributed by atoms with Crippen molar-refractivity contribution in [3.63, 3.8) is 0 Å². The lowest BCUT2D eigenvalue weighted by molar-refractivity contribution is -0.120. The van der Waals surface area contributed by atoms with Gasteiger partial charge >= 0.3 is 15.6 Å². The minimum Gasteiger partial charge on any atom is -0.417 e. The summed E-state index contributed by atoms with van der Waals surface area (Å²) in [4.78, 5) is 45.2. The molecule has 14 heteroatoms. The smallest absolute Gasteiger partial charge is 0.417 e. The number of nitriles is 1. The van der Waals surface area contributed by atoms with Crippen molar-refractivity contribution in [2.75, 3.05) is 19.8 Å². The van der Waals surface area contributed by atoms with E-state index in [4.69, 9.17) is 35.3 Å². The number of nitrogens with two attached hydrogens (primary N) is 1. The maximum Gasteiger partial charge on any atom is 0.469 e. The number of ketones is 1. The number of Topliss-reactive ketones (excluding diaryl/α,β-unsaturated/α-hetero) is 1. The summed E-state index contributed by atoms with van der Waals surface area (Å²) in [7, 11) is -8.71. The van der Waals surface area contributed by atoms with Gasteiger partial charge in [-0.3, -0.25) is 13.8 Å². The quantitative estimate of drug-likeness (QED) is 0.0790. The van der Waals surface area contributed by atoms with Crippen molar-refractivity contribution in [3.8, 4) is 6.26 Å².